The number of esters is 1. The minimum atomic E-state index is -0.570. The molecule has 2 aromatic rings. The fourth-order valence-corrected chi connectivity index (χ4v) is 2.86. The van der Waals surface area contributed by atoms with Crippen molar-refractivity contribution in [3.8, 4) is 0 Å². The van der Waals surface area contributed by atoms with E-state index < -0.39 is 5.60 Å². The lowest BCUT2D eigenvalue weighted by Crippen LogP contribution is -2.27. The van der Waals surface area contributed by atoms with E-state index in [-0.39, 0.29) is 11.9 Å². The van der Waals surface area contributed by atoms with Gasteiger partial charge in [0.25, 0.3) is 0 Å². The molecule has 0 amide bonds. The molecule has 0 aromatic heterocycles. The van der Waals surface area contributed by atoms with Gasteiger partial charge >= 0.3 is 5.97 Å². The summed E-state index contributed by atoms with van der Waals surface area (Å²) >= 11 is 0. The molecule has 1 aliphatic rings. The Morgan fingerprint density at radius 3 is 2.21 bits per heavy atom. The largest absolute Gasteiger partial charge is 0.454 e. The van der Waals surface area contributed by atoms with Gasteiger partial charge in [0.2, 0.25) is 0 Å². The van der Waals surface area contributed by atoms with E-state index in [4.69, 9.17) is 4.74 Å². The molecule has 1 aliphatic heterocycles. The number of carbonyl (C=O) groups excluding carboxylic acids is 1. The summed E-state index contributed by atoms with van der Waals surface area (Å²) in [5, 5.41) is 0. The molecule has 3 rings (SSSR count). The molecule has 1 fully saturated rings. The standard InChI is InChI=1S/C17H16O2/c1-17(14-10-6-3-7-11-14)15(12-16(18)19-17)13-8-4-2-5-9-13/h2-11,15H,12H2,1H3/t15-,17+/m0/s1. The van der Waals surface area contributed by atoms with Crippen LogP contribution >= 0.6 is 0 Å². The summed E-state index contributed by atoms with van der Waals surface area (Å²) in [7, 11) is 0. The highest BCUT2D eigenvalue weighted by atomic mass is 16.6. The van der Waals surface area contributed by atoms with Gasteiger partial charge in [-0.3, -0.25) is 4.79 Å². The lowest BCUT2D eigenvalue weighted by Gasteiger charge is -2.30. The van der Waals surface area contributed by atoms with Crippen molar-refractivity contribution in [2.24, 2.45) is 0 Å². The lowest BCUT2D eigenvalue weighted by molar-refractivity contribution is -0.148. The molecular formula is C17H16O2. The van der Waals surface area contributed by atoms with Crippen molar-refractivity contribution in [2.45, 2.75) is 24.9 Å². The number of hydrogen-bond donors (Lipinski definition) is 0. The molecule has 19 heavy (non-hydrogen) atoms. The second-order valence-electron chi connectivity index (χ2n) is 5.11. The Hall–Kier alpha value is -2.09. The second kappa shape index (κ2) is 4.54. The van der Waals surface area contributed by atoms with Crippen LogP contribution in [0.3, 0.4) is 0 Å². The first-order valence-electron chi connectivity index (χ1n) is 6.52. The van der Waals surface area contributed by atoms with Gasteiger partial charge in [-0.05, 0) is 18.1 Å². The zero-order valence-electron chi connectivity index (χ0n) is 10.9. The predicted molar refractivity (Wildman–Crippen MR) is 73.7 cm³/mol. The van der Waals surface area contributed by atoms with E-state index in [9.17, 15) is 4.79 Å². The van der Waals surface area contributed by atoms with Crippen molar-refractivity contribution in [3.63, 3.8) is 0 Å². The lowest BCUT2D eigenvalue weighted by atomic mass is 9.79. The van der Waals surface area contributed by atoms with Crippen LogP contribution in [0.1, 0.15) is 30.4 Å². The first kappa shape index (κ1) is 12.0. The van der Waals surface area contributed by atoms with Crippen LogP contribution < -0.4 is 0 Å². The smallest absolute Gasteiger partial charge is 0.307 e. The molecule has 2 heteroatoms. The summed E-state index contributed by atoms with van der Waals surface area (Å²) in [4.78, 5) is 11.8. The predicted octanol–water partition coefficient (Wildman–Crippen LogP) is 3.63. The van der Waals surface area contributed by atoms with Crippen molar-refractivity contribution in [1.29, 1.82) is 0 Å². The Bertz CT molecular complexity index is 577. The van der Waals surface area contributed by atoms with Crippen molar-refractivity contribution in [2.75, 3.05) is 0 Å². The number of cyclic esters (lactones) is 1. The van der Waals surface area contributed by atoms with Crippen molar-refractivity contribution < 1.29 is 9.53 Å². The van der Waals surface area contributed by atoms with E-state index in [1.807, 2.05) is 55.5 Å². The van der Waals surface area contributed by atoms with Crippen LogP contribution in [0.15, 0.2) is 60.7 Å². The Labute approximate surface area is 113 Å². The maximum atomic E-state index is 11.8. The summed E-state index contributed by atoms with van der Waals surface area (Å²) in [5.41, 5.74) is 1.63. The summed E-state index contributed by atoms with van der Waals surface area (Å²) < 4.78 is 5.66. The van der Waals surface area contributed by atoms with Gasteiger partial charge in [0.05, 0.1) is 6.42 Å². The normalized spacial score (nSPS) is 26.2. The molecule has 2 atom stereocenters. The molecular weight excluding hydrogens is 236 g/mol. The molecule has 2 aromatic carbocycles. The van der Waals surface area contributed by atoms with Gasteiger partial charge in [-0.15, -0.1) is 0 Å². The molecule has 0 saturated carbocycles. The van der Waals surface area contributed by atoms with Crippen molar-refractivity contribution in [1.82, 2.24) is 0 Å². The fourth-order valence-electron chi connectivity index (χ4n) is 2.86. The Morgan fingerprint density at radius 2 is 1.58 bits per heavy atom. The molecule has 1 heterocycles. The highest BCUT2D eigenvalue weighted by Gasteiger charge is 2.47. The number of rotatable bonds is 2. The number of hydrogen-bond acceptors (Lipinski definition) is 2. The van der Waals surface area contributed by atoms with Crippen LogP contribution in [0.2, 0.25) is 0 Å². The highest BCUT2D eigenvalue weighted by molar-refractivity contribution is 5.75. The van der Waals surface area contributed by atoms with Gasteiger partial charge in [0, 0.05) is 5.92 Å². The maximum absolute atomic E-state index is 11.8. The Morgan fingerprint density at radius 1 is 1.00 bits per heavy atom. The van der Waals surface area contributed by atoms with Crippen LogP contribution in [0.25, 0.3) is 0 Å². The zero-order valence-corrected chi connectivity index (χ0v) is 10.9. The van der Waals surface area contributed by atoms with E-state index in [0.717, 1.165) is 11.1 Å². The van der Waals surface area contributed by atoms with Crippen LogP contribution in [0.4, 0.5) is 0 Å². The molecule has 0 spiro atoms. The first-order valence-corrected chi connectivity index (χ1v) is 6.52. The number of benzene rings is 2. The van der Waals surface area contributed by atoms with Gasteiger partial charge in [0.1, 0.15) is 5.60 Å². The topological polar surface area (TPSA) is 26.3 Å². The van der Waals surface area contributed by atoms with Crippen molar-refractivity contribution in [3.05, 3.63) is 71.8 Å². The third kappa shape index (κ3) is 2.03. The SMILES string of the molecule is C[C@]1(c2ccccc2)OC(=O)C[C@H]1c1ccccc1. The van der Waals surface area contributed by atoms with E-state index in [1.54, 1.807) is 0 Å². The number of ether oxygens (including phenoxy) is 1. The molecule has 0 unspecified atom stereocenters. The first-order chi connectivity index (χ1) is 9.20. The average Bonchev–Trinajstić information content (AvgIpc) is 2.77. The third-order valence-electron chi connectivity index (χ3n) is 3.91. The highest BCUT2D eigenvalue weighted by Crippen LogP contribution is 2.47. The van der Waals surface area contributed by atoms with Gasteiger partial charge < -0.3 is 4.74 Å². The summed E-state index contributed by atoms with van der Waals surface area (Å²) in [5.74, 6) is -0.0520. The van der Waals surface area contributed by atoms with Crippen LogP contribution in [0.5, 0.6) is 0 Å². The number of carbonyl (C=O) groups is 1. The maximum Gasteiger partial charge on any atom is 0.307 e. The van der Waals surface area contributed by atoms with E-state index >= 15 is 0 Å². The summed E-state index contributed by atoms with van der Waals surface area (Å²) in [6.07, 6.45) is 0.440. The molecule has 0 aliphatic carbocycles. The van der Waals surface area contributed by atoms with Crippen LogP contribution in [0, 0.1) is 0 Å². The molecule has 96 valence electrons. The summed E-state index contributed by atoms with van der Waals surface area (Å²) in [6.45, 7) is 2.00. The van der Waals surface area contributed by atoms with Gasteiger partial charge in [0.15, 0.2) is 0 Å². The fraction of sp³-hybridized carbons (Fsp3) is 0.235. The van der Waals surface area contributed by atoms with Gasteiger partial charge in [-0.25, -0.2) is 0 Å². The monoisotopic (exact) mass is 252 g/mol. The minimum absolute atomic E-state index is 0.0728. The third-order valence-corrected chi connectivity index (χ3v) is 3.91. The minimum Gasteiger partial charge on any atom is -0.454 e. The van der Waals surface area contributed by atoms with Crippen LogP contribution in [-0.2, 0) is 15.1 Å². The van der Waals surface area contributed by atoms with Crippen LogP contribution in [-0.4, -0.2) is 5.97 Å². The van der Waals surface area contributed by atoms with E-state index in [0.29, 0.717) is 6.42 Å². The molecule has 0 radical (unpaired) electrons. The quantitative estimate of drug-likeness (QED) is 0.763. The second-order valence-corrected chi connectivity index (χ2v) is 5.11. The molecule has 0 bridgehead atoms. The molecule has 2 nitrogen and oxygen atoms in total. The Balaban J connectivity index is 2.06. The summed E-state index contributed by atoms with van der Waals surface area (Å²) in [6, 6.07) is 20.1. The van der Waals surface area contributed by atoms with Gasteiger partial charge in [-0.2, -0.15) is 0 Å². The Kier molecular flexibility index (Phi) is 2.86. The van der Waals surface area contributed by atoms with E-state index in [1.165, 1.54) is 0 Å². The molecule has 0 N–H and O–H groups in total. The van der Waals surface area contributed by atoms with E-state index in [2.05, 4.69) is 12.1 Å². The average molecular weight is 252 g/mol. The van der Waals surface area contributed by atoms with Crippen molar-refractivity contribution >= 4 is 5.97 Å². The molecule has 1 saturated heterocycles. The zero-order chi connectivity index (χ0) is 13.3. The van der Waals surface area contributed by atoms with Gasteiger partial charge in [-0.1, -0.05) is 60.7 Å².